The smallest absolute Gasteiger partial charge is 0.0704 e. The first-order valence-electron chi connectivity index (χ1n) is 6.36. The van der Waals surface area contributed by atoms with E-state index in [-0.39, 0.29) is 6.04 Å². The normalized spacial score (nSPS) is 12.6. The first kappa shape index (κ1) is 15.0. The van der Waals surface area contributed by atoms with Crippen LogP contribution < -0.4 is 5.32 Å². The maximum Gasteiger partial charge on any atom is 0.0704 e. The predicted molar refractivity (Wildman–Crippen MR) is 88.3 cm³/mol. The summed E-state index contributed by atoms with van der Waals surface area (Å²) in [6.45, 7) is 5.35. The Balaban J connectivity index is 2.35. The van der Waals surface area contributed by atoms with E-state index in [4.69, 9.17) is 11.6 Å². The fraction of sp³-hybridized carbons (Fsp3) is 0.333. The molecule has 2 aromatic rings. The van der Waals surface area contributed by atoms with E-state index >= 15 is 0 Å². The third-order valence-corrected chi connectivity index (χ3v) is 4.86. The highest BCUT2D eigenvalue weighted by molar-refractivity contribution is 9.11. The van der Waals surface area contributed by atoms with Crippen LogP contribution in [-0.4, -0.2) is 6.54 Å². The average molecular weight is 359 g/mol. The lowest BCUT2D eigenvalue weighted by molar-refractivity contribution is 0.598. The van der Waals surface area contributed by atoms with E-state index in [1.165, 1.54) is 19.8 Å². The van der Waals surface area contributed by atoms with Crippen LogP contribution >= 0.6 is 38.9 Å². The van der Waals surface area contributed by atoms with Gasteiger partial charge in [0.05, 0.1) is 9.83 Å². The van der Waals surface area contributed by atoms with Crippen LogP contribution in [-0.2, 0) is 0 Å². The zero-order valence-electron chi connectivity index (χ0n) is 11.0. The standard InChI is InChI=1S/C15H17BrClNS/c1-3-8-18-15(11-4-6-12(17)7-5-11)13-9-14(16)19-10(13)2/h4-7,9,15,18H,3,8H2,1-2H3. The number of nitrogens with one attached hydrogen (secondary N) is 1. The minimum atomic E-state index is 0.236. The highest BCUT2D eigenvalue weighted by Gasteiger charge is 2.17. The van der Waals surface area contributed by atoms with Gasteiger partial charge in [-0.1, -0.05) is 30.7 Å². The molecule has 1 nitrogen and oxygen atoms in total. The van der Waals surface area contributed by atoms with Crippen molar-refractivity contribution in [3.63, 3.8) is 0 Å². The van der Waals surface area contributed by atoms with Gasteiger partial charge >= 0.3 is 0 Å². The van der Waals surface area contributed by atoms with Crippen LogP contribution in [0.1, 0.15) is 35.4 Å². The molecule has 1 unspecified atom stereocenters. The van der Waals surface area contributed by atoms with E-state index in [2.05, 4.69) is 53.3 Å². The summed E-state index contributed by atoms with van der Waals surface area (Å²) in [6.07, 6.45) is 1.12. The molecule has 0 radical (unpaired) electrons. The van der Waals surface area contributed by atoms with Gasteiger partial charge in [-0.15, -0.1) is 11.3 Å². The van der Waals surface area contributed by atoms with Crippen molar-refractivity contribution in [3.8, 4) is 0 Å². The monoisotopic (exact) mass is 357 g/mol. The molecular weight excluding hydrogens is 342 g/mol. The van der Waals surface area contributed by atoms with Crippen LogP contribution in [0.15, 0.2) is 34.1 Å². The largest absolute Gasteiger partial charge is 0.306 e. The zero-order valence-corrected chi connectivity index (χ0v) is 14.2. The number of halogens is 2. The number of thiophene rings is 1. The van der Waals surface area contributed by atoms with Gasteiger partial charge in [0.15, 0.2) is 0 Å². The third-order valence-electron chi connectivity index (χ3n) is 3.04. The summed E-state index contributed by atoms with van der Waals surface area (Å²) >= 11 is 11.3. The average Bonchev–Trinajstić information content (AvgIpc) is 2.71. The topological polar surface area (TPSA) is 12.0 Å². The van der Waals surface area contributed by atoms with Gasteiger partial charge < -0.3 is 5.32 Å². The molecule has 0 spiro atoms. The fourth-order valence-corrected chi connectivity index (χ4v) is 3.97. The van der Waals surface area contributed by atoms with Crippen LogP contribution in [0, 0.1) is 6.92 Å². The summed E-state index contributed by atoms with van der Waals surface area (Å²) < 4.78 is 1.18. The lowest BCUT2D eigenvalue weighted by atomic mass is 9.99. The second-order valence-corrected chi connectivity index (χ2v) is 7.57. The Morgan fingerprint density at radius 1 is 1.32 bits per heavy atom. The molecule has 0 saturated carbocycles. The summed E-state index contributed by atoms with van der Waals surface area (Å²) in [6, 6.07) is 10.5. The number of hydrogen-bond donors (Lipinski definition) is 1. The van der Waals surface area contributed by atoms with E-state index in [0.29, 0.717) is 0 Å². The first-order valence-corrected chi connectivity index (χ1v) is 8.35. The van der Waals surface area contributed by atoms with E-state index < -0.39 is 0 Å². The molecule has 2 rings (SSSR count). The van der Waals surface area contributed by atoms with Gasteiger partial charge in [-0.05, 0) is 65.1 Å². The molecule has 1 heterocycles. The fourth-order valence-electron chi connectivity index (χ4n) is 2.10. The van der Waals surface area contributed by atoms with E-state index in [0.717, 1.165) is 18.0 Å². The van der Waals surface area contributed by atoms with Crippen molar-refractivity contribution in [3.05, 3.63) is 55.1 Å². The van der Waals surface area contributed by atoms with E-state index in [1.807, 2.05) is 12.1 Å². The Hall–Kier alpha value is -0.350. The Bertz CT molecular complexity index is 536. The van der Waals surface area contributed by atoms with Gasteiger partial charge in [0.25, 0.3) is 0 Å². The number of hydrogen-bond acceptors (Lipinski definition) is 2. The maximum atomic E-state index is 5.98. The second kappa shape index (κ2) is 6.89. The van der Waals surface area contributed by atoms with Crippen molar-refractivity contribution in [2.75, 3.05) is 6.54 Å². The molecule has 1 N–H and O–H groups in total. The third kappa shape index (κ3) is 3.82. The van der Waals surface area contributed by atoms with E-state index in [1.54, 1.807) is 11.3 Å². The van der Waals surface area contributed by atoms with Crippen molar-refractivity contribution in [2.24, 2.45) is 0 Å². The van der Waals surface area contributed by atoms with Gasteiger partial charge in [0.1, 0.15) is 0 Å². The maximum absolute atomic E-state index is 5.98. The first-order chi connectivity index (χ1) is 9.11. The predicted octanol–water partition coefficient (Wildman–Crippen LogP) is 5.56. The van der Waals surface area contributed by atoms with Crippen LogP contribution in [0.5, 0.6) is 0 Å². The van der Waals surface area contributed by atoms with Crippen LogP contribution in [0.3, 0.4) is 0 Å². The molecule has 0 aliphatic carbocycles. The molecule has 1 aromatic heterocycles. The Morgan fingerprint density at radius 2 is 2.00 bits per heavy atom. The highest BCUT2D eigenvalue weighted by Crippen LogP contribution is 2.34. The van der Waals surface area contributed by atoms with Crippen LogP contribution in [0.25, 0.3) is 0 Å². The molecule has 0 fully saturated rings. The lowest BCUT2D eigenvalue weighted by Crippen LogP contribution is -2.23. The molecular formula is C15H17BrClNS. The van der Waals surface area contributed by atoms with Crippen LogP contribution in [0.4, 0.5) is 0 Å². The van der Waals surface area contributed by atoms with Gasteiger partial charge in [0.2, 0.25) is 0 Å². The van der Waals surface area contributed by atoms with Crippen LogP contribution in [0.2, 0.25) is 5.02 Å². The summed E-state index contributed by atoms with van der Waals surface area (Å²) in [4.78, 5) is 1.34. The van der Waals surface area contributed by atoms with Crippen molar-refractivity contribution >= 4 is 38.9 Å². The zero-order chi connectivity index (χ0) is 13.8. The molecule has 0 bridgehead atoms. The Labute approximate surface area is 132 Å². The number of rotatable bonds is 5. The van der Waals surface area contributed by atoms with Gasteiger partial charge in [-0.3, -0.25) is 0 Å². The Morgan fingerprint density at radius 3 is 2.53 bits per heavy atom. The van der Waals surface area contributed by atoms with Crippen molar-refractivity contribution < 1.29 is 0 Å². The SMILES string of the molecule is CCCNC(c1ccc(Cl)cc1)c1cc(Br)sc1C. The molecule has 0 aliphatic heterocycles. The van der Waals surface area contributed by atoms with Gasteiger partial charge in [-0.25, -0.2) is 0 Å². The molecule has 0 saturated heterocycles. The molecule has 1 atom stereocenters. The molecule has 4 heteroatoms. The summed E-state index contributed by atoms with van der Waals surface area (Å²) in [7, 11) is 0. The van der Waals surface area contributed by atoms with Gasteiger partial charge in [0, 0.05) is 9.90 Å². The minimum Gasteiger partial charge on any atom is -0.306 e. The molecule has 0 aliphatic rings. The highest BCUT2D eigenvalue weighted by atomic mass is 79.9. The number of benzene rings is 1. The summed E-state index contributed by atoms with van der Waals surface area (Å²) in [5.41, 5.74) is 2.60. The molecule has 1 aromatic carbocycles. The van der Waals surface area contributed by atoms with Gasteiger partial charge in [-0.2, -0.15) is 0 Å². The van der Waals surface area contributed by atoms with Crippen molar-refractivity contribution in [1.29, 1.82) is 0 Å². The second-order valence-electron chi connectivity index (χ2n) is 4.50. The molecule has 102 valence electrons. The lowest BCUT2D eigenvalue weighted by Gasteiger charge is -2.19. The van der Waals surface area contributed by atoms with Crippen molar-refractivity contribution in [2.45, 2.75) is 26.3 Å². The Kier molecular flexibility index (Phi) is 5.46. The van der Waals surface area contributed by atoms with Crippen molar-refractivity contribution in [1.82, 2.24) is 5.32 Å². The number of aryl methyl sites for hydroxylation is 1. The quantitative estimate of drug-likeness (QED) is 0.737. The summed E-state index contributed by atoms with van der Waals surface area (Å²) in [5, 5.41) is 4.40. The summed E-state index contributed by atoms with van der Waals surface area (Å²) in [5.74, 6) is 0. The minimum absolute atomic E-state index is 0.236. The molecule has 0 amide bonds. The molecule has 19 heavy (non-hydrogen) atoms. The van der Waals surface area contributed by atoms with E-state index in [9.17, 15) is 0 Å².